The third kappa shape index (κ3) is 3.84. The number of nitrogens with zero attached hydrogens (tertiary/aromatic N) is 1. The van der Waals surface area contributed by atoms with Crippen molar-refractivity contribution in [2.75, 3.05) is 19.0 Å². The highest BCUT2D eigenvalue weighted by molar-refractivity contribution is 6.30. The quantitative estimate of drug-likeness (QED) is 0.604. The van der Waals surface area contributed by atoms with Crippen molar-refractivity contribution in [3.8, 4) is 0 Å². The topological polar surface area (TPSA) is 24.6 Å². The molecule has 0 fully saturated rings. The van der Waals surface area contributed by atoms with Crippen molar-refractivity contribution in [2.24, 2.45) is 0 Å². The second kappa shape index (κ2) is 6.58. The minimum Gasteiger partial charge on any atom is -0.378 e. The molecule has 0 saturated heterocycles. The number of carbonyl (C=O) groups excluding carboxylic acids is 1. The zero-order chi connectivity index (χ0) is 14.5. The third-order valence-electron chi connectivity index (χ3n) is 3.28. The molecule has 20 heavy (non-hydrogen) atoms. The molecule has 1 N–H and O–H groups in total. The Kier molecular flexibility index (Phi) is 4.80. The van der Waals surface area contributed by atoms with Crippen LogP contribution in [-0.4, -0.2) is 24.7 Å². The van der Waals surface area contributed by atoms with Crippen molar-refractivity contribution in [1.82, 2.24) is 0 Å². The van der Waals surface area contributed by atoms with Crippen LogP contribution in [0.15, 0.2) is 48.5 Å². The molecule has 0 aliphatic carbocycles. The van der Waals surface area contributed by atoms with E-state index in [2.05, 4.69) is 29.2 Å². The predicted octanol–water partition coefficient (Wildman–Crippen LogP) is 3.93. The zero-order valence-corrected chi connectivity index (χ0v) is 12.6. The van der Waals surface area contributed by atoms with Gasteiger partial charge in [0.05, 0.1) is 12.0 Å². The van der Waals surface area contributed by atoms with E-state index < -0.39 is 0 Å². The van der Waals surface area contributed by atoms with Crippen molar-refractivity contribution < 1.29 is 4.79 Å². The molecule has 0 aliphatic rings. The Morgan fingerprint density at radius 1 is 1.00 bits per heavy atom. The lowest BCUT2D eigenvalue weighted by atomic mass is 10.0. The van der Waals surface area contributed by atoms with E-state index in [-0.39, 0.29) is 0 Å². The Labute approximate surface area is 125 Å². The molecule has 0 aliphatic heterocycles. The first kappa shape index (κ1) is 14.6. The largest absolute Gasteiger partial charge is 0.378 e. The fraction of sp³-hybridized carbons (Fsp3) is 0.235. The number of hydrogen-bond donors (Lipinski definition) is 0. The van der Waals surface area contributed by atoms with Gasteiger partial charge in [-0.3, -0.25) is 4.79 Å². The Morgan fingerprint density at radius 3 is 2.15 bits per heavy atom. The molecule has 3 heteroatoms. The highest BCUT2D eigenvalue weighted by Crippen LogP contribution is 2.15. The number of halogens is 1. The van der Waals surface area contributed by atoms with Crippen LogP contribution in [0.25, 0.3) is 0 Å². The van der Waals surface area contributed by atoms with Crippen LogP contribution in [0.2, 0.25) is 5.02 Å². The normalized spacial score (nSPS) is 10.3. The van der Waals surface area contributed by atoms with Crippen LogP contribution in [0.5, 0.6) is 0 Å². The standard InChI is InChI=1S/C17H18ClNO/c1-19(2)16-10-3-13(4-11-16)5-12-17(20)14-6-8-15(18)9-7-14/h3-4,6-11H,5,12H2,1-2H3/p+1. The average Bonchev–Trinajstić information content (AvgIpc) is 2.46. The van der Waals surface area contributed by atoms with Crippen LogP contribution >= 0.6 is 11.6 Å². The lowest BCUT2D eigenvalue weighted by Gasteiger charge is -2.12. The van der Waals surface area contributed by atoms with E-state index in [0.717, 1.165) is 12.0 Å². The van der Waals surface area contributed by atoms with E-state index >= 15 is 0 Å². The Hall–Kier alpha value is -1.80. The van der Waals surface area contributed by atoms with Gasteiger partial charge in [-0.15, -0.1) is 0 Å². The van der Waals surface area contributed by atoms with Gasteiger partial charge in [-0.1, -0.05) is 23.7 Å². The van der Waals surface area contributed by atoms with Gasteiger partial charge in [0.2, 0.25) is 0 Å². The van der Waals surface area contributed by atoms with E-state index in [0.29, 0.717) is 17.2 Å². The molecular weight excluding hydrogens is 270 g/mol. The van der Waals surface area contributed by atoms with Crippen molar-refractivity contribution in [3.63, 3.8) is 0 Å². The van der Waals surface area contributed by atoms with E-state index in [1.165, 1.54) is 11.3 Å². The molecule has 0 aromatic heterocycles. The first-order chi connectivity index (χ1) is 9.56. The van der Waals surface area contributed by atoms with Crippen LogP contribution in [0.4, 0.5) is 5.69 Å². The van der Waals surface area contributed by atoms with Crippen molar-refractivity contribution in [3.05, 3.63) is 64.7 Å². The monoisotopic (exact) mass is 288 g/mol. The molecular formula is C17H19ClNO+. The van der Waals surface area contributed by atoms with Gasteiger partial charge in [0.1, 0.15) is 0 Å². The average molecular weight is 289 g/mol. The second-order valence-corrected chi connectivity index (χ2v) is 5.45. The summed E-state index contributed by atoms with van der Waals surface area (Å²) in [5.41, 5.74) is 3.23. The van der Waals surface area contributed by atoms with E-state index in [1.807, 2.05) is 26.2 Å². The van der Waals surface area contributed by atoms with Crippen molar-refractivity contribution >= 4 is 23.1 Å². The molecule has 2 nitrogen and oxygen atoms in total. The maximum absolute atomic E-state index is 10.1. The fourth-order valence-corrected chi connectivity index (χ4v) is 2.14. The molecule has 0 heterocycles. The molecule has 0 saturated carbocycles. The maximum Gasteiger partial charge on any atom is 0.323 e. The molecule has 2 aromatic carbocycles. The highest BCUT2D eigenvalue weighted by atomic mass is 35.5. The highest BCUT2D eigenvalue weighted by Gasteiger charge is 2.12. The molecule has 0 amide bonds. The number of aryl methyl sites for hydroxylation is 1. The molecule has 104 valence electrons. The number of hydrogen-bond acceptors (Lipinski definition) is 1. The molecule has 0 atom stereocenters. The number of rotatable bonds is 5. The minimum absolute atomic E-state index is 0.401. The molecule has 0 bridgehead atoms. The number of benzene rings is 2. The smallest absolute Gasteiger partial charge is 0.323 e. The summed E-state index contributed by atoms with van der Waals surface area (Å²) in [6, 6.07) is 15.6. The summed E-state index contributed by atoms with van der Waals surface area (Å²) in [7, 11) is 4.05. The SMILES string of the molecule is CN(C)c1ccc(CCC(=[OH+])c2ccc(Cl)cc2)cc1. The summed E-state index contributed by atoms with van der Waals surface area (Å²) < 4.78 is 0. The van der Waals surface area contributed by atoms with Gasteiger partial charge >= 0.3 is 5.78 Å². The van der Waals surface area contributed by atoms with Crippen LogP contribution in [0.3, 0.4) is 0 Å². The van der Waals surface area contributed by atoms with Gasteiger partial charge in [0.25, 0.3) is 0 Å². The van der Waals surface area contributed by atoms with Crippen LogP contribution in [-0.2, 0) is 6.42 Å². The summed E-state index contributed by atoms with van der Waals surface area (Å²) in [5.74, 6) is 0.401. The Morgan fingerprint density at radius 2 is 1.60 bits per heavy atom. The van der Waals surface area contributed by atoms with E-state index in [1.54, 1.807) is 12.1 Å². The zero-order valence-electron chi connectivity index (χ0n) is 11.8. The molecule has 2 aromatic rings. The van der Waals surface area contributed by atoms with Crippen LogP contribution in [0, 0.1) is 0 Å². The lowest BCUT2D eigenvalue weighted by Crippen LogP contribution is -2.08. The second-order valence-electron chi connectivity index (χ2n) is 5.01. The summed E-state index contributed by atoms with van der Waals surface area (Å²) in [6.45, 7) is 0. The molecule has 0 radical (unpaired) electrons. The van der Waals surface area contributed by atoms with Crippen molar-refractivity contribution in [2.45, 2.75) is 12.8 Å². The fourth-order valence-electron chi connectivity index (χ4n) is 2.01. The Bertz CT molecular complexity index is 573. The van der Waals surface area contributed by atoms with Gasteiger partial charge in [0, 0.05) is 24.8 Å². The maximum atomic E-state index is 10.1. The first-order valence-corrected chi connectivity index (χ1v) is 7.01. The molecule has 2 rings (SSSR count). The first-order valence-electron chi connectivity index (χ1n) is 6.63. The summed E-state index contributed by atoms with van der Waals surface area (Å²) in [6.07, 6.45) is 1.45. The van der Waals surface area contributed by atoms with E-state index in [9.17, 15) is 4.79 Å². The van der Waals surface area contributed by atoms with Gasteiger partial charge < -0.3 is 4.90 Å². The van der Waals surface area contributed by atoms with Gasteiger partial charge in [-0.05, 0) is 48.4 Å². The van der Waals surface area contributed by atoms with Gasteiger partial charge in [0.15, 0.2) is 0 Å². The van der Waals surface area contributed by atoms with Crippen molar-refractivity contribution in [1.29, 1.82) is 0 Å². The number of anilines is 1. The Balaban J connectivity index is 1.94. The van der Waals surface area contributed by atoms with E-state index in [4.69, 9.17) is 11.6 Å². The van der Waals surface area contributed by atoms with Crippen LogP contribution < -0.4 is 4.90 Å². The van der Waals surface area contributed by atoms with Crippen LogP contribution in [0.1, 0.15) is 17.5 Å². The predicted molar refractivity (Wildman–Crippen MR) is 86.6 cm³/mol. The summed E-state index contributed by atoms with van der Waals surface area (Å²) >= 11 is 5.83. The lowest BCUT2D eigenvalue weighted by molar-refractivity contribution is 0.659. The van der Waals surface area contributed by atoms with Gasteiger partial charge in [-0.25, -0.2) is 0 Å². The number of ketones is 1. The summed E-state index contributed by atoms with van der Waals surface area (Å²) in [4.78, 5) is 12.2. The summed E-state index contributed by atoms with van der Waals surface area (Å²) in [5, 5.41) is 0.681. The molecule has 0 spiro atoms. The molecule has 0 unspecified atom stereocenters. The van der Waals surface area contributed by atoms with Gasteiger partial charge in [-0.2, -0.15) is 0 Å². The minimum atomic E-state index is 0.401. The third-order valence-corrected chi connectivity index (χ3v) is 3.53.